The summed E-state index contributed by atoms with van der Waals surface area (Å²) in [5, 5.41) is 0. The first-order valence-electron chi connectivity index (χ1n) is 64.1. The fourth-order valence-electron chi connectivity index (χ4n) is 21.8. The molecule has 0 radical (unpaired) electrons. The summed E-state index contributed by atoms with van der Waals surface area (Å²) in [6.45, 7) is 32.6. The molecule has 0 bridgehead atoms. The quantitative estimate of drug-likeness (QED) is 0.0186. The van der Waals surface area contributed by atoms with Crippen molar-refractivity contribution in [3.05, 3.63) is 116 Å². The number of ether oxygens (including phenoxy) is 15. The van der Waals surface area contributed by atoms with E-state index in [1.807, 2.05) is 71.9 Å². The first kappa shape index (κ1) is 85.7. The van der Waals surface area contributed by atoms with Gasteiger partial charge in [-0.1, -0.05) is 136 Å². The van der Waals surface area contributed by atoms with Gasteiger partial charge < -0.3 is 99.7 Å². The fraction of sp³-hybridized carbons (Fsp3) is 0.698. The van der Waals surface area contributed by atoms with Crippen LogP contribution >= 0.6 is 0 Å². The topological polar surface area (TPSA) is 370 Å². The Hall–Kier alpha value is -8.95. The molecule has 20 atom stereocenters. The zero-order valence-electron chi connectivity index (χ0n) is 115. The summed E-state index contributed by atoms with van der Waals surface area (Å²) in [6.07, 6.45) is -15.0. The number of fused-ring (bicyclic) bond motifs is 15. The van der Waals surface area contributed by atoms with Crippen LogP contribution in [-0.2, 0) is 79.8 Å². The summed E-state index contributed by atoms with van der Waals surface area (Å²) in [5.41, 5.74) is 40.0. The standard InChI is InChI=1S/C24H38N2O4.4C23H36N2O4/c1-14(2)9-17-13-26-8-7-16-10-21(28-5)22(29-6)11-18(16)19(26)12-20(17)30-24(27)23(25)15(3)4;4*1-6-7-16-13-25-9-8-15-10-20(27-4)21(28-5)11-17(15)18(25)12-19(16)29-23(26)22(24)14(2)3/h10-11,14-15,17,19-20,23H,7-9,12-13,25H2,1-6H3;4*10-11,14,16,18-19,22H,6-9,12-13,24H2,1-5H3/t17-,19-,20-,23+;4*16-,18+,19+,22+/m11111/s1/i5D3;2*4D3,6D2,7D2;2*6D2,7D2. The van der Waals surface area contributed by atoms with Crippen molar-refractivity contribution in [2.75, 3.05) is 136 Å². The predicted octanol–water partition coefficient (Wildman–Crippen LogP) is 16.8. The van der Waals surface area contributed by atoms with Gasteiger partial charge in [-0.05, 0) is 216 Å². The van der Waals surface area contributed by atoms with E-state index in [4.69, 9.17) is 134 Å². The molecule has 816 valence electrons. The van der Waals surface area contributed by atoms with E-state index >= 15 is 0 Å². The molecule has 10 aliphatic heterocycles. The lowest BCUT2D eigenvalue weighted by Gasteiger charge is -2.47. The molecule has 10 heterocycles. The number of carbonyl (C=O) groups excluding carboxylic acids is 5. The van der Waals surface area contributed by atoms with Gasteiger partial charge in [0.05, 0.1) is 83.2 Å². The number of nitrogens with zero attached hydrogens (tertiary/aromatic N) is 5. The van der Waals surface area contributed by atoms with E-state index in [9.17, 15) is 24.0 Å². The Balaban J connectivity index is 0.000000200. The molecule has 0 aromatic heterocycles. The molecule has 5 fully saturated rings. The number of piperidine rings is 5. The molecular weight excluding hydrogens is 1850 g/mol. The number of benzene rings is 5. The van der Waals surface area contributed by atoms with Crippen molar-refractivity contribution >= 4 is 29.8 Å². The normalized spacial score (nSPS) is 28.7. The first-order chi connectivity index (χ1) is 78.9. The van der Waals surface area contributed by atoms with Gasteiger partial charge in [-0.2, -0.15) is 0 Å². The van der Waals surface area contributed by atoms with Crippen LogP contribution in [0.2, 0.25) is 0 Å². The molecule has 5 saturated heterocycles. The van der Waals surface area contributed by atoms with Crippen molar-refractivity contribution in [2.45, 2.75) is 323 Å². The molecule has 5 aromatic rings. The second kappa shape index (κ2) is 54.7. The Bertz CT molecular complexity index is 5920. The van der Waals surface area contributed by atoms with Gasteiger partial charge >= 0.3 is 29.8 Å². The van der Waals surface area contributed by atoms with Crippen LogP contribution in [0.3, 0.4) is 0 Å². The third kappa shape index (κ3) is 28.5. The van der Waals surface area contributed by atoms with Crippen molar-refractivity contribution in [1.29, 1.82) is 0 Å². The Morgan fingerprint density at radius 3 is 0.623 bits per heavy atom. The minimum Gasteiger partial charge on any atom is -0.493 e. The van der Waals surface area contributed by atoms with E-state index in [0.29, 0.717) is 92.9 Å². The Morgan fingerprint density at radius 1 is 0.288 bits per heavy atom. The van der Waals surface area contributed by atoms with Gasteiger partial charge in [0.15, 0.2) is 57.5 Å². The molecule has 0 unspecified atom stereocenters. The van der Waals surface area contributed by atoms with Crippen LogP contribution in [0.1, 0.15) is 320 Å². The Kier molecular flexibility index (Phi) is 32.1. The first-order valence-corrected chi connectivity index (χ1v) is 51.6. The van der Waals surface area contributed by atoms with E-state index in [-0.39, 0.29) is 146 Å². The molecule has 5 aromatic carbocycles. The summed E-state index contributed by atoms with van der Waals surface area (Å²) in [5.74, 6) is -2.29. The van der Waals surface area contributed by atoms with Crippen LogP contribution in [0.4, 0.5) is 0 Å². The molecule has 10 aliphatic rings. The number of esters is 5. The molecular formula is C116H182N10O20. The van der Waals surface area contributed by atoms with Crippen molar-refractivity contribution in [1.82, 2.24) is 24.5 Å². The fourth-order valence-corrected chi connectivity index (χ4v) is 21.8. The van der Waals surface area contributed by atoms with Crippen LogP contribution in [0, 0.1) is 65.1 Å². The zero-order valence-corrected chi connectivity index (χ0v) is 89.9. The summed E-state index contributed by atoms with van der Waals surface area (Å²) in [6, 6.07) is 13.5. The van der Waals surface area contributed by atoms with E-state index < -0.39 is 174 Å². The SMILES string of the molecule is [2H]C([2H])(C)C([2H])([2H])[C@@H]1CN2CCc3cc(OC)c(OC)cc3[C@@H]2C[C@@H]1OC(=O)[C@@H](N)C(C)C.[2H]C([2H])(C)C([2H])([2H])[C@@H]1CN2CCc3cc(OC)c(OC)cc3[C@@H]2C[C@@H]1OC(=O)[C@@H](N)C(C)C.[2H]C([2H])([2H])Oc1cc2c(cc1OC)[C@@H]1C[C@H](OC(=O)[C@@H](N)C(C)C)[C@H](C([2H])([2H])C([2H])([2H])C)CN1CC2.[2H]C([2H])([2H])Oc1cc2c(cc1OC)[C@@H]1C[C@H](OC(=O)[C@@H](N)C(C)C)[C@H](C([2H])([2H])C([2H])([2H])C)CN1CC2.[2H]C([2H])([2H])Oc1cc2c(cc1OC)[C@H]1C[C@@H](OC(=O)[C@@H](N)C(C)C)[C@H](CC(C)C)CN1CC2. The lowest BCUT2D eigenvalue weighted by molar-refractivity contribution is -0.161. The molecule has 0 aliphatic carbocycles. The van der Waals surface area contributed by atoms with E-state index in [0.717, 1.165) is 94.4 Å². The van der Waals surface area contributed by atoms with E-state index in [2.05, 4.69) is 38.3 Å². The van der Waals surface area contributed by atoms with Crippen LogP contribution in [-0.4, -0.2) is 251 Å². The smallest absolute Gasteiger partial charge is 0.323 e. The molecule has 30 nitrogen and oxygen atoms in total. The number of hydrogen-bond donors (Lipinski definition) is 5. The minimum atomic E-state index is -2.64. The highest BCUT2D eigenvalue weighted by molar-refractivity contribution is 5.78. The molecule has 0 amide bonds. The zero-order chi connectivity index (χ0) is 128. The van der Waals surface area contributed by atoms with Gasteiger partial charge in [0.2, 0.25) is 0 Å². The van der Waals surface area contributed by atoms with Crippen molar-refractivity contribution in [3.8, 4) is 57.5 Å². The summed E-state index contributed by atoms with van der Waals surface area (Å²) < 4.78 is 284. The van der Waals surface area contributed by atoms with Gasteiger partial charge in [0.1, 0.15) is 60.7 Å². The maximum atomic E-state index is 12.8. The molecule has 10 N–H and O–H groups in total. The second-order valence-corrected chi connectivity index (χ2v) is 41.8. The Morgan fingerprint density at radius 2 is 0.459 bits per heavy atom. The highest BCUT2D eigenvalue weighted by Crippen LogP contribution is 2.52. The largest absolute Gasteiger partial charge is 0.493 e. The van der Waals surface area contributed by atoms with Crippen LogP contribution < -0.4 is 76.0 Å². The van der Waals surface area contributed by atoms with Crippen LogP contribution in [0.5, 0.6) is 57.5 Å². The number of hydrogen-bond acceptors (Lipinski definition) is 30. The number of carbonyl (C=O) groups is 5. The highest BCUT2D eigenvalue weighted by Gasteiger charge is 2.49. The van der Waals surface area contributed by atoms with Crippen molar-refractivity contribution in [3.63, 3.8) is 0 Å². The van der Waals surface area contributed by atoms with Crippen LogP contribution in [0.15, 0.2) is 60.7 Å². The lowest BCUT2D eigenvalue weighted by Crippen LogP contribution is -2.51. The highest BCUT2D eigenvalue weighted by atomic mass is 16.6. The Labute approximate surface area is 907 Å². The maximum Gasteiger partial charge on any atom is 0.323 e. The van der Waals surface area contributed by atoms with Gasteiger partial charge in [0, 0.05) is 179 Å². The molecule has 0 saturated carbocycles. The maximum absolute atomic E-state index is 12.8. The second-order valence-electron chi connectivity index (χ2n) is 41.8. The van der Waals surface area contributed by atoms with Crippen LogP contribution in [0.25, 0.3) is 0 Å². The molecule has 15 rings (SSSR count). The van der Waals surface area contributed by atoms with E-state index in [1.165, 1.54) is 49.0 Å². The third-order valence-corrected chi connectivity index (χ3v) is 30.4. The predicted molar refractivity (Wildman–Crippen MR) is 571 cm³/mol. The van der Waals surface area contributed by atoms with Crippen molar-refractivity contribution < 1.29 is 129 Å². The molecule has 30 heteroatoms. The number of rotatable bonds is 35. The lowest BCUT2D eigenvalue weighted by atomic mass is 9.79. The van der Waals surface area contributed by atoms with Gasteiger partial charge in [0.25, 0.3) is 0 Å². The monoisotopic (exact) mass is 2060 g/mol. The minimum absolute atomic E-state index is 0.0115. The summed E-state index contributed by atoms with van der Waals surface area (Å²) >= 11 is 0. The van der Waals surface area contributed by atoms with Gasteiger partial charge in [-0.15, -0.1) is 0 Å². The summed E-state index contributed by atoms with van der Waals surface area (Å²) in [4.78, 5) is 74.7. The van der Waals surface area contributed by atoms with Gasteiger partial charge in [-0.25, -0.2) is 0 Å². The average Bonchev–Trinajstić information content (AvgIpc) is 0.755. The number of nitrogens with two attached hydrogens (primary N) is 5. The molecule has 146 heavy (non-hydrogen) atoms. The number of methoxy groups -OCH3 is 10. The van der Waals surface area contributed by atoms with Gasteiger partial charge in [-0.3, -0.25) is 48.5 Å². The van der Waals surface area contributed by atoms with Crippen molar-refractivity contribution in [2.24, 2.45) is 93.8 Å². The van der Waals surface area contributed by atoms with E-state index in [1.54, 1.807) is 86.5 Å². The molecule has 0 spiro atoms. The third-order valence-electron chi connectivity index (χ3n) is 30.4. The average molecular weight is 2060 g/mol. The summed E-state index contributed by atoms with van der Waals surface area (Å²) in [7, 11) is 2.87.